The van der Waals surface area contributed by atoms with Crippen LogP contribution in [0.2, 0.25) is 0 Å². The molecule has 1 saturated carbocycles. The number of ether oxygens (including phenoxy) is 1. The van der Waals surface area contributed by atoms with Crippen LogP contribution in [0.4, 0.5) is 0 Å². The summed E-state index contributed by atoms with van der Waals surface area (Å²) in [4.78, 5) is 16.0. The molecule has 0 saturated heterocycles. The molecule has 18 heavy (non-hydrogen) atoms. The number of aromatic nitrogens is 2. The van der Waals surface area contributed by atoms with Gasteiger partial charge in [0.05, 0.1) is 5.92 Å². The van der Waals surface area contributed by atoms with Crippen LogP contribution in [0, 0.1) is 5.41 Å². The van der Waals surface area contributed by atoms with Crippen LogP contribution in [0.15, 0.2) is 4.52 Å². The maximum absolute atomic E-state index is 11.7. The molecule has 1 aliphatic carbocycles. The van der Waals surface area contributed by atoms with E-state index in [9.17, 15) is 4.79 Å². The summed E-state index contributed by atoms with van der Waals surface area (Å²) < 4.78 is 10.7. The van der Waals surface area contributed by atoms with E-state index in [4.69, 9.17) is 9.26 Å². The second kappa shape index (κ2) is 4.80. The molecule has 0 radical (unpaired) electrons. The Kier molecular flexibility index (Phi) is 3.52. The van der Waals surface area contributed by atoms with E-state index in [2.05, 4.69) is 30.9 Å². The molecule has 0 N–H and O–H groups in total. The molecule has 5 heteroatoms. The first kappa shape index (κ1) is 13.2. The van der Waals surface area contributed by atoms with Crippen molar-refractivity contribution >= 4 is 5.78 Å². The largest absolute Gasteiger partial charge is 0.373 e. The van der Waals surface area contributed by atoms with Gasteiger partial charge in [-0.3, -0.25) is 4.79 Å². The Morgan fingerprint density at radius 2 is 2.17 bits per heavy atom. The van der Waals surface area contributed by atoms with Crippen molar-refractivity contribution in [3.8, 4) is 0 Å². The lowest BCUT2D eigenvalue weighted by Crippen LogP contribution is -2.21. The van der Waals surface area contributed by atoms with Crippen LogP contribution in [-0.4, -0.2) is 23.0 Å². The van der Waals surface area contributed by atoms with Crippen molar-refractivity contribution in [1.29, 1.82) is 0 Å². The van der Waals surface area contributed by atoms with E-state index in [-0.39, 0.29) is 23.2 Å². The average molecular weight is 252 g/mol. The maximum atomic E-state index is 11.7. The molecule has 1 heterocycles. The monoisotopic (exact) mass is 252 g/mol. The number of ketones is 1. The fraction of sp³-hybridized carbons (Fsp3) is 0.769. The zero-order valence-electron chi connectivity index (χ0n) is 11.4. The van der Waals surface area contributed by atoms with Crippen LogP contribution < -0.4 is 0 Å². The average Bonchev–Trinajstić information content (AvgIpc) is 2.85. The summed E-state index contributed by atoms with van der Waals surface area (Å²) in [6.07, 6.45) is 2.11. The summed E-state index contributed by atoms with van der Waals surface area (Å²) in [5, 5.41) is 3.97. The van der Waals surface area contributed by atoms with Gasteiger partial charge in [0.1, 0.15) is 11.9 Å². The van der Waals surface area contributed by atoms with Crippen molar-refractivity contribution in [1.82, 2.24) is 10.1 Å². The minimum atomic E-state index is -0.230. The van der Waals surface area contributed by atoms with Gasteiger partial charge in [0, 0.05) is 13.5 Å². The van der Waals surface area contributed by atoms with Crippen LogP contribution in [0.3, 0.4) is 0 Å². The standard InChI is InChI=1S/C13H20N2O3/c1-13(2,3)10(17-4)11-14-12(18-15-11)8-6-5-7-9(8)16/h8,10H,5-7H2,1-4H3. The molecule has 1 fully saturated rings. The number of rotatable bonds is 3. The number of nitrogens with zero attached hydrogens (tertiary/aromatic N) is 2. The van der Waals surface area contributed by atoms with Gasteiger partial charge in [-0.25, -0.2) is 0 Å². The number of carbonyl (C=O) groups excluding carboxylic acids is 1. The molecular weight excluding hydrogens is 232 g/mol. The molecule has 1 aromatic rings. The van der Waals surface area contributed by atoms with Gasteiger partial charge in [-0.2, -0.15) is 4.98 Å². The molecule has 0 aliphatic heterocycles. The molecule has 1 aliphatic rings. The second-order valence-electron chi connectivity index (χ2n) is 5.88. The Morgan fingerprint density at radius 1 is 1.44 bits per heavy atom. The molecule has 0 bridgehead atoms. The molecule has 0 aromatic carbocycles. The number of hydrogen-bond acceptors (Lipinski definition) is 5. The van der Waals surface area contributed by atoms with Crippen molar-refractivity contribution in [3.05, 3.63) is 11.7 Å². The third kappa shape index (κ3) is 2.46. The summed E-state index contributed by atoms with van der Waals surface area (Å²) in [6.45, 7) is 6.16. The first-order valence-electron chi connectivity index (χ1n) is 6.32. The van der Waals surface area contributed by atoms with Crippen LogP contribution >= 0.6 is 0 Å². The van der Waals surface area contributed by atoms with Gasteiger partial charge >= 0.3 is 0 Å². The summed E-state index contributed by atoms with van der Waals surface area (Å²) >= 11 is 0. The first-order chi connectivity index (χ1) is 8.43. The van der Waals surface area contributed by atoms with Crippen molar-refractivity contribution in [2.75, 3.05) is 7.11 Å². The Bertz CT molecular complexity index is 434. The smallest absolute Gasteiger partial charge is 0.237 e. The maximum Gasteiger partial charge on any atom is 0.237 e. The predicted octanol–water partition coefficient (Wildman–Crippen LogP) is 2.64. The van der Waals surface area contributed by atoms with Gasteiger partial charge < -0.3 is 9.26 Å². The molecule has 2 rings (SSSR count). The highest BCUT2D eigenvalue weighted by Gasteiger charge is 2.34. The zero-order chi connectivity index (χ0) is 13.3. The third-order valence-electron chi connectivity index (χ3n) is 3.32. The minimum Gasteiger partial charge on any atom is -0.373 e. The molecule has 0 spiro atoms. The van der Waals surface area contributed by atoms with E-state index in [1.807, 2.05) is 0 Å². The Hall–Kier alpha value is -1.23. The lowest BCUT2D eigenvalue weighted by Gasteiger charge is -2.26. The number of Topliss-reactive ketones (excluding diaryl/α,β-unsaturated/α-hetero) is 1. The fourth-order valence-corrected chi connectivity index (χ4v) is 2.42. The van der Waals surface area contributed by atoms with Crippen molar-refractivity contribution in [2.45, 2.75) is 52.1 Å². The Morgan fingerprint density at radius 3 is 2.67 bits per heavy atom. The highest BCUT2D eigenvalue weighted by atomic mass is 16.5. The summed E-state index contributed by atoms with van der Waals surface area (Å²) in [5.74, 6) is 0.970. The topological polar surface area (TPSA) is 65.2 Å². The van der Waals surface area contributed by atoms with E-state index >= 15 is 0 Å². The van der Waals surface area contributed by atoms with Crippen molar-refractivity contribution in [2.24, 2.45) is 5.41 Å². The lowest BCUT2D eigenvalue weighted by atomic mass is 9.88. The van der Waals surface area contributed by atoms with E-state index in [1.54, 1.807) is 7.11 Å². The number of methoxy groups -OCH3 is 1. The van der Waals surface area contributed by atoms with Gasteiger partial charge in [-0.1, -0.05) is 25.9 Å². The van der Waals surface area contributed by atoms with Crippen molar-refractivity contribution < 1.29 is 14.1 Å². The third-order valence-corrected chi connectivity index (χ3v) is 3.32. The molecule has 100 valence electrons. The molecule has 5 nitrogen and oxygen atoms in total. The first-order valence-corrected chi connectivity index (χ1v) is 6.32. The van der Waals surface area contributed by atoms with Gasteiger partial charge in [0.15, 0.2) is 0 Å². The highest BCUT2D eigenvalue weighted by molar-refractivity contribution is 5.86. The van der Waals surface area contributed by atoms with E-state index in [0.717, 1.165) is 12.8 Å². The van der Waals surface area contributed by atoms with Gasteiger partial charge in [-0.15, -0.1) is 0 Å². The normalized spacial score (nSPS) is 22.4. The van der Waals surface area contributed by atoms with Crippen LogP contribution in [0.1, 0.15) is 63.8 Å². The Labute approximate surface area is 107 Å². The zero-order valence-corrected chi connectivity index (χ0v) is 11.4. The van der Waals surface area contributed by atoms with Gasteiger partial charge in [0.25, 0.3) is 0 Å². The minimum absolute atomic E-state index is 0.115. The number of hydrogen-bond donors (Lipinski definition) is 0. The summed E-state index contributed by atoms with van der Waals surface area (Å²) in [6, 6.07) is 0. The van der Waals surface area contributed by atoms with E-state index in [0.29, 0.717) is 18.1 Å². The molecular formula is C13H20N2O3. The molecule has 2 atom stereocenters. The molecule has 1 aromatic heterocycles. The highest BCUT2D eigenvalue weighted by Crippen LogP contribution is 2.36. The second-order valence-corrected chi connectivity index (χ2v) is 5.88. The van der Waals surface area contributed by atoms with E-state index < -0.39 is 0 Å². The summed E-state index contributed by atoms with van der Waals surface area (Å²) in [7, 11) is 1.63. The quantitative estimate of drug-likeness (QED) is 0.827. The van der Waals surface area contributed by atoms with Crippen LogP contribution in [-0.2, 0) is 9.53 Å². The van der Waals surface area contributed by atoms with Crippen LogP contribution in [0.5, 0.6) is 0 Å². The van der Waals surface area contributed by atoms with Crippen LogP contribution in [0.25, 0.3) is 0 Å². The fourth-order valence-electron chi connectivity index (χ4n) is 2.42. The van der Waals surface area contributed by atoms with Gasteiger partial charge in [-0.05, 0) is 18.3 Å². The summed E-state index contributed by atoms with van der Waals surface area (Å²) in [5.41, 5.74) is -0.115. The molecule has 0 amide bonds. The molecule has 2 unspecified atom stereocenters. The Balaban J connectivity index is 2.22. The SMILES string of the molecule is COC(c1noc(C2CCCC2=O)n1)C(C)(C)C. The van der Waals surface area contributed by atoms with Crippen molar-refractivity contribution in [3.63, 3.8) is 0 Å². The van der Waals surface area contributed by atoms with E-state index in [1.165, 1.54) is 0 Å². The number of carbonyl (C=O) groups is 1. The van der Waals surface area contributed by atoms with Gasteiger partial charge in [0.2, 0.25) is 11.7 Å². The lowest BCUT2D eigenvalue weighted by molar-refractivity contribution is -0.119. The predicted molar refractivity (Wildman–Crippen MR) is 65.1 cm³/mol.